The van der Waals surface area contributed by atoms with Gasteiger partial charge >= 0.3 is 17.9 Å². The maximum Gasteiger partial charge on any atom is 0.306 e. The number of carbonyl (C=O) groups is 3. The van der Waals surface area contributed by atoms with Crippen LogP contribution in [0.1, 0.15) is 361 Å². The van der Waals surface area contributed by atoms with Gasteiger partial charge in [-0.1, -0.05) is 300 Å². The molecule has 0 fully saturated rings. The molecule has 0 amide bonds. The number of esters is 3. The molecule has 1 unspecified atom stereocenters. The van der Waals surface area contributed by atoms with Gasteiger partial charge in [-0.3, -0.25) is 14.4 Å². The van der Waals surface area contributed by atoms with Gasteiger partial charge in [-0.15, -0.1) is 0 Å². The molecule has 6 nitrogen and oxygen atoms in total. The Morgan fingerprint density at radius 3 is 0.769 bits per heavy atom. The van der Waals surface area contributed by atoms with E-state index in [0.717, 1.165) is 103 Å². The third kappa shape index (κ3) is 63.9. The van der Waals surface area contributed by atoms with E-state index in [-0.39, 0.29) is 31.1 Å². The number of hydrogen-bond acceptors (Lipinski definition) is 6. The summed E-state index contributed by atoms with van der Waals surface area (Å²) >= 11 is 0. The molecule has 0 radical (unpaired) electrons. The summed E-state index contributed by atoms with van der Waals surface area (Å²) in [5.74, 6) is -0.883. The Balaban J connectivity index is 4.16. The van der Waals surface area contributed by atoms with Crippen molar-refractivity contribution in [3.63, 3.8) is 0 Å². The van der Waals surface area contributed by atoms with E-state index in [2.05, 4.69) is 81.5 Å². The average Bonchev–Trinajstić information content (AvgIpc) is 3.44. The summed E-state index contributed by atoms with van der Waals surface area (Å²) in [6.07, 6.45) is 85.4. The van der Waals surface area contributed by atoms with Crippen molar-refractivity contribution in [1.82, 2.24) is 0 Å². The second-order valence-electron chi connectivity index (χ2n) is 23.1. The normalized spacial score (nSPS) is 12.4. The molecule has 6 heteroatoms. The highest BCUT2D eigenvalue weighted by Crippen LogP contribution is 2.17. The molecular weight excluding hydrogens is 961 g/mol. The number of hydrogen-bond donors (Lipinski definition) is 0. The van der Waals surface area contributed by atoms with Gasteiger partial charge in [0.1, 0.15) is 13.2 Å². The highest BCUT2D eigenvalue weighted by atomic mass is 16.6. The van der Waals surface area contributed by atoms with E-state index >= 15 is 0 Å². The van der Waals surface area contributed by atoms with Crippen LogP contribution in [0.5, 0.6) is 0 Å². The van der Waals surface area contributed by atoms with E-state index in [9.17, 15) is 14.4 Å². The predicted octanol–water partition coefficient (Wildman–Crippen LogP) is 23.5. The highest BCUT2D eigenvalue weighted by molar-refractivity contribution is 5.71. The Hall–Kier alpha value is -2.89. The Morgan fingerprint density at radius 2 is 0.487 bits per heavy atom. The maximum atomic E-state index is 12.9. The molecule has 0 aromatic carbocycles. The summed E-state index contributed by atoms with van der Waals surface area (Å²) < 4.78 is 16.9. The zero-order valence-corrected chi connectivity index (χ0v) is 52.2. The summed E-state index contributed by atoms with van der Waals surface area (Å²) in [4.78, 5) is 38.3. The first-order chi connectivity index (χ1) is 38.5. The quantitative estimate of drug-likeness (QED) is 0.0261. The van der Waals surface area contributed by atoms with Gasteiger partial charge in [0.2, 0.25) is 0 Å². The first-order valence-corrected chi connectivity index (χ1v) is 34.3. The lowest BCUT2D eigenvalue weighted by molar-refractivity contribution is -0.167. The number of unbranched alkanes of at least 4 members (excludes halogenated alkanes) is 42. The van der Waals surface area contributed by atoms with Crippen LogP contribution in [0.2, 0.25) is 0 Å². The van der Waals surface area contributed by atoms with Crippen molar-refractivity contribution in [2.45, 2.75) is 367 Å². The van der Waals surface area contributed by atoms with Crippen LogP contribution in [0.3, 0.4) is 0 Å². The molecule has 0 aliphatic heterocycles. The van der Waals surface area contributed by atoms with E-state index in [0.29, 0.717) is 19.3 Å². The predicted molar refractivity (Wildman–Crippen MR) is 339 cm³/mol. The lowest BCUT2D eigenvalue weighted by Gasteiger charge is -2.18. The van der Waals surface area contributed by atoms with E-state index in [1.165, 1.54) is 218 Å². The molecule has 0 aliphatic rings. The zero-order chi connectivity index (χ0) is 56.4. The van der Waals surface area contributed by atoms with E-state index in [1.807, 2.05) is 0 Å². The lowest BCUT2D eigenvalue weighted by Crippen LogP contribution is -2.30. The Kier molecular flexibility index (Phi) is 64.2. The minimum atomic E-state index is -0.783. The van der Waals surface area contributed by atoms with E-state index in [4.69, 9.17) is 14.2 Å². The lowest BCUT2D eigenvalue weighted by atomic mass is 10.0. The number of rotatable bonds is 63. The standard InChI is InChI=1S/C72H130O6/c1-4-7-10-13-16-19-22-25-27-29-30-31-32-33-34-35-36-37-38-39-40-41-42-43-45-47-50-53-56-59-62-65-71(74)77-68-69(67-76-70(73)64-61-58-55-52-49-46-24-21-18-15-12-9-6-3)78-72(75)66-63-60-57-54-51-48-44-28-26-23-20-17-14-11-8-5-2/h12,15,21-22,24-25,28-30,44,69H,4-11,13-14,16-20,23,26-27,31-43,45-68H2,1-3H3/b15-12-,24-21-,25-22-,30-29-,44-28-. The number of ether oxygens (including phenoxy) is 3. The SMILES string of the molecule is CCC/C=C\C/C=C\CCCCCCCC(=O)OCC(COC(=O)CCCCCCCCCCCCCCCCCCCCC/C=C\C/C=C\CCCCCCC)OC(=O)CCCCCCC/C=C\CCCCCCCCC. The second kappa shape index (κ2) is 66.6. The van der Waals surface area contributed by atoms with Crippen LogP contribution in [-0.4, -0.2) is 37.2 Å². The zero-order valence-electron chi connectivity index (χ0n) is 52.2. The monoisotopic (exact) mass is 1090 g/mol. The molecule has 1 atom stereocenters. The van der Waals surface area contributed by atoms with Crippen LogP contribution >= 0.6 is 0 Å². The molecule has 454 valence electrons. The van der Waals surface area contributed by atoms with E-state index < -0.39 is 6.10 Å². The van der Waals surface area contributed by atoms with Gasteiger partial charge in [-0.05, 0) is 103 Å². The molecule has 0 rings (SSSR count). The Morgan fingerprint density at radius 1 is 0.256 bits per heavy atom. The van der Waals surface area contributed by atoms with Gasteiger partial charge in [0.25, 0.3) is 0 Å². The highest BCUT2D eigenvalue weighted by Gasteiger charge is 2.19. The molecular formula is C72H130O6. The first kappa shape index (κ1) is 75.1. The maximum absolute atomic E-state index is 12.9. The minimum absolute atomic E-state index is 0.0787. The summed E-state index contributed by atoms with van der Waals surface area (Å²) in [6, 6.07) is 0. The molecule has 0 saturated carbocycles. The smallest absolute Gasteiger partial charge is 0.306 e. The van der Waals surface area contributed by atoms with Crippen molar-refractivity contribution >= 4 is 17.9 Å². The molecule has 0 N–H and O–H groups in total. The molecule has 0 bridgehead atoms. The van der Waals surface area contributed by atoms with Gasteiger partial charge in [-0.2, -0.15) is 0 Å². The summed E-state index contributed by atoms with van der Waals surface area (Å²) in [7, 11) is 0. The largest absolute Gasteiger partial charge is 0.462 e. The summed E-state index contributed by atoms with van der Waals surface area (Å²) in [6.45, 7) is 6.59. The number of carbonyl (C=O) groups excluding carboxylic acids is 3. The van der Waals surface area contributed by atoms with Gasteiger partial charge in [0.15, 0.2) is 6.10 Å². The molecule has 0 aromatic heterocycles. The van der Waals surface area contributed by atoms with Crippen molar-refractivity contribution in [3.8, 4) is 0 Å². The van der Waals surface area contributed by atoms with Gasteiger partial charge in [0.05, 0.1) is 0 Å². The van der Waals surface area contributed by atoms with Crippen LogP contribution in [-0.2, 0) is 28.6 Å². The van der Waals surface area contributed by atoms with Gasteiger partial charge in [0, 0.05) is 19.3 Å². The fourth-order valence-corrected chi connectivity index (χ4v) is 10.0. The fourth-order valence-electron chi connectivity index (χ4n) is 10.0. The topological polar surface area (TPSA) is 78.9 Å². The van der Waals surface area contributed by atoms with Crippen molar-refractivity contribution in [2.24, 2.45) is 0 Å². The third-order valence-corrected chi connectivity index (χ3v) is 15.2. The third-order valence-electron chi connectivity index (χ3n) is 15.2. The van der Waals surface area contributed by atoms with Crippen molar-refractivity contribution in [2.75, 3.05) is 13.2 Å². The Bertz CT molecular complexity index is 1390. The molecule has 0 heterocycles. The van der Waals surface area contributed by atoms with Crippen molar-refractivity contribution in [1.29, 1.82) is 0 Å². The fraction of sp³-hybridized carbons (Fsp3) is 0.819. The molecule has 78 heavy (non-hydrogen) atoms. The second-order valence-corrected chi connectivity index (χ2v) is 23.1. The van der Waals surface area contributed by atoms with Crippen LogP contribution in [0.15, 0.2) is 60.8 Å². The van der Waals surface area contributed by atoms with Crippen LogP contribution in [0.4, 0.5) is 0 Å². The first-order valence-electron chi connectivity index (χ1n) is 34.3. The summed E-state index contributed by atoms with van der Waals surface area (Å²) in [5, 5.41) is 0. The average molecular weight is 1090 g/mol. The van der Waals surface area contributed by atoms with Crippen LogP contribution < -0.4 is 0 Å². The number of allylic oxidation sites excluding steroid dienone is 10. The molecule has 0 aromatic rings. The van der Waals surface area contributed by atoms with Gasteiger partial charge in [-0.25, -0.2) is 0 Å². The summed E-state index contributed by atoms with van der Waals surface area (Å²) in [5.41, 5.74) is 0. The molecule has 0 aliphatic carbocycles. The van der Waals surface area contributed by atoms with E-state index in [1.54, 1.807) is 0 Å². The van der Waals surface area contributed by atoms with Gasteiger partial charge < -0.3 is 14.2 Å². The molecule has 0 spiro atoms. The molecule has 0 saturated heterocycles. The van der Waals surface area contributed by atoms with Crippen molar-refractivity contribution in [3.05, 3.63) is 60.8 Å². The minimum Gasteiger partial charge on any atom is -0.462 e. The Labute approximate surface area is 485 Å². The van der Waals surface area contributed by atoms with Crippen molar-refractivity contribution < 1.29 is 28.6 Å². The van der Waals surface area contributed by atoms with Crippen LogP contribution in [0.25, 0.3) is 0 Å². The van der Waals surface area contributed by atoms with Crippen LogP contribution in [0, 0.1) is 0 Å².